The summed E-state index contributed by atoms with van der Waals surface area (Å²) in [6.45, 7) is 3.05. The van der Waals surface area contributed by atoms with Gasteiger partial charge in [0.05, 0.1) is 12.8 Å². The summed E-state index contributed by atoms with van der Waals surface area (Å²) in [6, 6.07) is 0.978. The first-order valence-corrected chi connectivity index (χ1v) is 3.95. The largest absolute Gasteiger partial charge is 0.495 e. The van der Waals surface area contributed by atoms with Crippen LogP contribution in [0.15, 0.2) is 6.07 Å². The highest BCUT2D eigenvalue weighted by Gasteiger charge is 2.33. The summed E-state index contributed by atoms with van der Waals surface area (Å²) in [7, 11) is 1.41. The Balaban J connectivity index is 3.28. The smallest absolute Gasteiger partial charge is 0.433 e. The van der Waals surface area contributed by atoms with Gasteiger partial charge in [-0.05, 0) is 25.5 Å². The number of ether oxygens (including phenoxy) is 1. The molecule has 1 aromatic rings. The highest BCUT2D eigenvalue weighted by Crippen LogP contribution is 2.31. The summed E-state index contributed by atoms with van der Waals surface area (Å²) < 4.78 is 41.8. The highest BCUT2D eigenvalue weighted by molar-refractivity contribution is 5.37. The summed E-state index contributed by atoms with van der Waals surface area (Å²) in [5, 5.41) is 0. The molecule has 0 atom stereocenters. The predicted molar refractivity (Wildman–Crippen MR) is 45.3 cm³/mol. The molecular weight excluding hydrogens is 195 g/mol. The molecule has 0 saturated carbocycles. The summed E-state index contributed by atoms with van der Waals surface area (Å²) in [5.41, 5.74) is -0.194. The van der Waals surface area contributed by atoms with Crippen LogP contribution in [-0.2, 0) is 6.18 Å². The molecule has 0 aliphatic rings. The minimum atomic E-state index is -4.40. The summed E-state index contributed by atoms with van der Waals surface area (Å²) >= 11 is 0. The molecule has 2 nitrogen and oxygen atoms in total. The molecule has 1 aromatic heterocycles. The van der Waals surface area contributed by atoms with Crippen molar-refractivity contribution in [1.82, 2.24) is 4.98 Å². The molecule has 0 amide bonds. The molecule has 1 rings (SSSR count). The lowest BCUT2D eigenvalue weighted by Gasteiger charge is -2.11. The van der Waals surface area contributed by atoms with Gasteiger partial charge < -0.3 is 4.74 Å². The van der Waals surface area contributed by atoms with E-state index in [4.69, 9.17) is 4.74 Å². The zero-order chi connectivity index (χ0) is 10.9. The van der Waals surface area contributed by atoms with Crippen molar-refractivity contribution in [3.8, 4) is 5.75 Å². The fourth-order valence-electron chi connectivity index (χ4n) is 1.27. The molecular formula is C9H10F3NO. The van der Waals surface area contributed by atoms with E-state index in [9.17, 15) is 13.2 Å². The maximum atomic E-state index is 12.3. The summed E-state index contributed by atoms with van der Waals surface area (Å²) in [4.78, 5) is 3.43. The minimum absolute atomic E-state index is 0.250. The van der Waals surface area contributed by atoms with Crippen molar-refractivity contribution < 1.29 is 17.9 Å². The van der Waals surface area contributed by atoms with Gasteiger partial charge >= 0.3 is 6.18 Å². The lowest BCUT2D eigenvalue weighted by atomic mass is 10.2. The van der Waals surface area contributed by atoms with Crippen molar-refractivity contribution in [3.63, 3.8) is 0 Å². The van der Waals surface area contributed by atoms with Crippen molar-refractivity contribution in [2.24, 2.45) is 0 Å². The number of nitrogens with zero attached hydrogens (tertiary/aromatic N) is 1. The average Bonchev–Trinajstić information content (AvgIpc) is 2.01. The second-order valence-corrected chi connectivity index (χ2v) is 2.94. The lowest BCUT2D eigenvalue weighted by molar-refractivity contribution is -0.141. The molecule has 0 N–H and O–H groups in total. The van der Waals surface area contributed by atoms with Crippen molar-refractivity contribution in [1.29, 1.82) is 0 Å². The van der Waals surface area contributed by atoms with Crippen LogP contribution in [0.1, 0.15) is 17.0 Å². The van der Waals surface area contributed by atoms with Crippen LogP contribution >= 0.6 is 0 Å². The SMILES string of the molecule is COc1c(C)cc(C(F)(F)F)nc1C. The van der Waals surface area contributed by atoms with Gasteiger partial charge in [-0.2, -0.15) is 13.2 Å². The first kappa shape index (κ1) is 10.8. The third kappa shape index (κ3) is 1.97. The van der Waals surface area contributed by atoms with Crippen molar-refractivity contribution >= 4 is 0 Å². The molecule has 14 heavy (non-hydrogen) atoms. The number of pyridine rings is 1. The molecule has 0 unspecified atom stereocenters. The van der Waals surface area contributed by atoms with E-state index in [0.717, 1.165) is 6.07 Å². The van der Waals surface area contributed by atoms with Crippen LogP contribution in [0.5, 0.6) is 5.75 Å². The number of hydrogen-bond acceptors (Lipinski definition) is 2. The van der Waals surface area contributed by atoms with E-state index >= 15 is 0 Å². The molecule has 78 valence electrons. The first-order valence-electron chi connectivity index (χ1n) is 3.95. The van der Waals surface area contributed by atoms with E-state index in [1.165, 1.54) is 14.0 Å². The maximum Gasteiger partial charge on any atom is 0.433 e. The van der Waals surface area contributed by atoms with E-state index in [1.807, 2.05) is 0 Å². The molecule has 0 radical (unpaired) electrons. The van der Waals surface area contributed by atoms with Gasteiger partial charge in [-0.3, -0.25) is 0 Å². The van der Waals surface area contributed by atoms with Crippen LogP contribution in [0.25, 0.3) is 0 Å². The van der Waals surface area contributed by atoms with Crippen molar-refractivity contribution in [2.45, 2.75) is 20.0 Å². The van der Waals surface area contributed by atoms with Gasteiger partial charge in [0, 0.05) is 0 Å². The summed E-state index contributed by atoms with van der Waals surface area (Å²) in [5.74, 6) is 0.401. The highest BCUT2D eigenvalue weighted by atomic mass is 19.4. The number of aromatic nitrogens is 1. The number of halogens is 3. The molecule has 0 bridgehead atoms. The molecule has 0 aliphatic heterocycles. The molecule has 5 heteroatoms. The first-order chi connectivity index (χ1) is 6.36. The number of methoxy groups -OCH3 is 1. The molecule has 1 heterocycles. The Labute approximate surface area is 79.7 Å². The van der Waals surface area contributed by atoms with Gasteiger partial charge in [0.25, 0.3) is 0 Å². The van der Waals surface area contributed by atoms with E-state index in [0.29, 0.717) is 11.3 Å². The molecule has 0 spiro atoms. The third-order valence-corrected chi connectivity index (χ3v) is 1.82. The second-order valence-electron chi connectivity index (χ2n) is 2.94. The van der Waals surface area contributed by atoms with Crippen molar-refractivity contribution in [2.75, 3.05) is 7.11 Å². The number of aryl methyl sites for hydroxylation is 2. The standard InChI is InChI=1S/C9H10F3NO/c1-5-4-7(9(10,11)12)13-6(2)8(5)14-3/h4H,1-3H3. The van der Waals surface area contributed by atoms with Gasteiger partial charge in [-0.1, -0.05) is 0 Å². The Morgan fingerprint density at radius 1 is 1.29 bits per heavy atom. The van der Waals surface area contributed by atoms with Gasteiger partial charge in [0.2, 0.25) is 0 Å². The second kappa shape index (κ2) is 3.48. The Hall–Kier alpha value is -1.26. The van der Waals surface area contributed by atoms with Gasteiger partial charge in [-0.25, -0.2) is 4.98 Å². The normalized spacial score (nSPS) is 11.6. The molecule has 0 saturated heterocycles. The fraction of sp³-hybridized carbons (Fsp3) is 0.444. The fourth-order valence-corrected chi connectivity index (χ4v) is 1.27. The predicted octanol–water partition coefficient (Wildman–Crippen LogP) is 2.73. The van der Waals surface area contributed by atoms with Crippen LogP contribution in [0.4, 0.5) is 13.2 Å². The van der Waals surface area contributed by atoms with Crippen molar-refractivity contribution in [3.05, 3.63) is 23.0 Å². The molecule has 0 aliphatic carbocycles. The van der Waals surface area contributed by atoms with E-state index in [-0.39, 0.29) is 5.69 Å². The Bertz CT molecular complexity index is 323. The van der Waals surface area contributed by atoms with E-state index in [2.05, 4.69) is 4.98 Å². The number of alkyl halides is 3. The third-order valence-electron chi connectivity index (χ3n) is 1.82. The topological polar surface area (TPSA) is 22.1 Å². The monoisotopic (exact) mass is 205 g/mol. The van der Waals surface area contributed by atoms with Crippen LogP contribution < -0.4 is 4.74 Å². The Morgan fingerprint density at radius 2 is 1.86 bits per heavy atom. The summed E-state index contributed by atoms with van der Waals surface area (Å²) in [6.07, 6.45) is -4.40. The van der Waals surface area contributed by atoms with E-state index in [1.54, 1.807) is 6.92 Å². The van der Waals surface area contributed by atoms with Crippen LogP contribution in [0, 0.1) is 13.8 Å². The van der Waals surface area contributed by atoms with Gasteiger partial charge in [-0.15, -0.1) is 0 Å². The van der Waals surface area contributed by atoms with Gasteiger partial charge in [0.15, 0.2) is 0 Å². The van der Waals surface area contributed by atoms with Crippen LogP contribution in [0.2, 0.25) is 0 Å². The Morgan fingerprint density at radius 3 is 2.21 bits per heavy atom. The molecule has 0 fully saturated rings. The quantitative estimate of drug-likeness (QED) is 0.703. The number of rotatable bonds is 1. The van der Waals surface area contributed by atoms with Crippen LogP contribution in [-0.4, -0.2) is 12.1 Å². The van der Waals surface area contributed by atoms with Gasteiger partial charge in [0.1, 0.15) is 11.4 Å². The Kier molecular flexibility index (Phi) is 2.69. The number of hydrogen-bond donors (Lipinski definition) is 0. The zero-order valence-electron chi connectivity index (χ0n) is 8.07. The zero-order valence-corrected chi connectivity index (χ0v) is 8.07. The molecule has 0 aromatic carbocycles. The maximum absolute atomic E-state index is 12.3. The lowest BCUT2D eigenvalue weighted by Crippen LogP contribution is -2.10. The average molecular weight is 205 g/mol. The van der Waals surface area contributed by atoms with Crippen LogP contribution in [0.3, 0.4) is 0 Å². The minimum Gasteiger partial charge on any atom is -0.495 e. The van der Waals surface area contributed by atoms with E-state index < -0.39 is 11.9 Å².